The second kappa shape index (κ2) is 7.38. The Kier molecular flexibility index (Phi) is 5.18. The lowest BCUT2D eigenvalue weighted by Crippen LogP contribution is -2.33. The molecule has 1 aliphatic heterocycles. The number of alkyl halides is 3. The minimum Gasteiger partial charge on any atom is -0.345 e. The summed E-state index contributed by atoms with van der Waals surface area (Å²) in [5.74, 6) is -1.07. The van der Waals surface area contributed by atoms with Crippen molar-refractivity contribution in [3.8, 4) is 0 Å². The monoisotopic (exact) mass is 491 g/mol. The van der Waals surface area contributed by atoms with Gasteiger partial charge in [-0.2, -0.15) is 13.2 Å². The number of fused-ring (bicyclic) bond motifs is 3. The van der Waals surface area contributed by atoms with Gasteiger partial charge in [-0.3, -0.25) is 4.79 Å². The van der Waals surface area contributed by atoms with Crippen molar-refractivity contribution in [1.82, 2.24) is 24.9 Å². The molecule has 3 aromatic rings. The van der Waals surface area contributed by atoms with Gasteiger partial charge in [-0.1, -0.05) is 5.21 Å². The summed E-state index contributed by atoms with van der Waals surface area (Å²) in [6.45, 7) is 1.00. The third kappa shape index (κ3) is 3.35. The van der Waals surface area contributed by atoms with E-state index < -0.39 is 22.0 Å². The van der Waals surface area contributed by atoms with Crippen LogP contribution in [-0.4, -0.2) is 50.6 Å². The molecule has 0 N–H and O–H groups in total. The molecule has 1 aliphatic rings. The molecule has 0 saturated carbocycles. The highest BCUT2D eigenvalue weighted by Crippen LogP contribution is 2.42. The number of hydrogen-bond donors (Lipinski definition) is 0. The number of amides is 1. The Hall–Kier alpha value is -1.95. The van der Waals surface area contributed by atoms with E-state index in [9.17, 15) is 22.4 Å². The predicted molar refractivity (Wildman–Crippen MR) is 103 cm³/mol. The Balaban J connectivity index is 2.01. The molecule has 0 bridgehead atoms. The number of carbonyl (C=O) groups is 1. The lowest BCUT2D eigenvalue weighted by atomic mass is 10.0. The van der Waals surface area contributed by atoms with E-state index in [4.69, 9.17) is 0 Å². The number of aromatic nitrogens is 4. The fourth-order valence-electron chi connectivity index (χ4n) is 3.59. The Morgan fingerprint density at radius 3 is 2.55 bits per heavy atom. The van der Waals surface area contributed by atoms with E-state index in [2.05, 4.69) is 31.2 Å². The number of benzene rings is 1. The molecule has 0 radical (unpaired) electrons. The number of nitrogens with zero attached hydrogens (tertiary/aromatic N) is 5. The maximum absolute atomic E-state index is 14.9. The number of carbonyl (C=O) groups excluding carboxylic acids is 1. The van der Waals surface area contributed by atoms with Gasteiger partial charge in [0.25, 0.3) is 0 Å². The van der Waals surface area contributed by atoms with Crippen LogP contribution < -0.4 is 0 Å². The van der Waals surface area contributed by atoms with Gasteiger partial charge in [-0.15, -0.1) is 16.9 Å². The standard InChI is InChI=1S/C17H14BrF4N5OS/c1-29-16-14-15(27(25-24-14)8-2-4-26(7-28)5-3-8)9-6-10(17(20,21)22)11(18)12(19)13(9)23-16/h6-8H,2-5H2,1H3. The molecule has 3 heterocycles. The molecule has 12 heteroatoms. The third-order valence-corrected chi connectivity index (χ3v) is 6.49. The first-order valence-corrected chi connectivity index (χ1v) is 10.6. The van der Waals surface area contributed by atoms with E-state index >= 15 is 0 Å². The lowest BCUT2D eigenvalue weighted by Gasteiger charge is -2.29. The summed E-state index contributed by atoms with van der Waals surface area (Å²) < 4.78 is 56.2. The number of piperidine rings is 1. The number of thioether (sulfide) groups is 1. The Morgan fingerprint density at radius 1 is 1.28 bits per heavy atom. The van der Waals surface area contributed by atoms with Gasteiger partial charge in [-0.05, 0) is 41.1 Å². The first-order chi connectivity index (χ1) is 13.8. The summed E-state index contributed by atoms with van der Waals surface area (Å²) >= 11 is 3.95. The van der Waals surface area contributed by atoms with E-state index in [1.807, 2.05) is 0 Å². The smallest absolute Gasteiger partial charge is 0.345 e. The van der Waals surface area contributed by atoms with E-state index in [0.717, 1.165) is 12.5 Å². The van der Waals surface area contributed by atoms with Gasteiger partial charge in [-0.25, -0.2) is 14.1 Å². The van der Waals surface area contributed by atoms with Crippen LogP contribution in [0.5, 0.6) is 0 Å². The van der Waals surface area contributed by atoms with Crippen LogP contribution >= 0.6 is 27.7 Å². The van der Waals surface area contributed by atoms with Gasteiger partial charge in [0, 0.05) is 18.5 Å². The average Bonchev–Trinajstić information content (AvgIpc) is 3.14. The molecule has 0 spiro atoms. The van der Waals surface area contributed by atoms with Crippen LogP contribution in [0.25, 0.3) is 21.9 Å². The summed E-state index contributed by atoms with van der Waals surface area (Å²) in [6, 6.07) is 0.722. The normalized spacial score (nSPS) is 16.1. The average molecular weight is 492 g/mol. The Bertz CT molecular complexity index is 1110. The zero-order valence-electron chi connectivity index (χ0n) is 15.0. The zero-order valence-corrected chi connectivity index (χ0v) is 17.4. The quantitative estimate of drug-likeness (QED) is 0.308. The largest absolute Gasteiger partial charge is 0.417 e. The summed E-state index contributed by atoms with van der Waals surface area (Å²) in [7, 11) is 0. The number of hydrogen-bond acceptors (Lipinski definition) is 5. The fourth-order valence-corrected chi connectivity index (χ4v) is 4.63. The summed E-state index contributed by atoms with van der Waals surface area (Å²) in [4.78, 5) is 16.8. The molecule has 29 heavy (non-hydrogen) atoms. The first kappa shape index (κ1) is 20.3. The van der Waals surface area contributed by atoms with Crippen molar-refractivity contribution < 1.29 is 22.4 Å². The van der Waals surface area contributed by atoms with Crippen molar-refractivity contribution in [2.24, 2.45) is 0 Å². The third-order valence-electron chi connectivity index (χ3n) is 5.04. The highest BCUT2D eigenvalue weighted by molar-refractivity contribution is 9.10. The van der Waals surface area contributed by atoms with Crippen molar-refractivity contribution in [2.75, 3.05) is 19.3 Å². The maximum Gasteiger partial charge on any atom is 0.417 e. The number of rotatable bonds is 3. The highest BCUT2D eigenvalue weighted by Gasteiger charge is 2.36. The maximum atomic E-state index is 14.9. The molecule has 154 valence electrons. The summed E-state index contributed by atoms with van der Waals surface area (Å²) in [5, 5.41) is 8.68. The number of pyridine rings is 1. The van der Waals surface area contributed by atoms with Crippen LogP contribution in [0, 0.1) is 5.82 Å². The molecule has 1 fully saturated rings. The Morgan fingerprint density at radius 2 is 1.97 bits per heavy atom. The highest BCUT2D eigenvalue weighted by atomic mass is 79.9. The van der Waals surface area contributed by atoms with Crippen LogP contribution in [0.1, 0.15) is 24.4 Å². The molecule has 6 nitrogen and oxygen atoms in total. The van der Waals surface area contributed by atoms with Crippen molar-refractivity contribution in [1.29, 1.82) is 0 Å². The predicted octanol–water partition coefficient (Wildman–Crippen LogP) is 4.42. The van der Waals surface area contributed by atoms with E-state index in [1.165, 1.54) is 11.8 Å². The van der Waals surface area contributed by atoms with Crippen LogP contribution in [0.4, 0.5) is 17.6 Å². The molecule has 2 aromatic heterocycles. The van der Waals surface area contributed by atoms with Gasteiger partial charge >= 0.3 is 6.18 Å². The fraction of sp³-hybridized carbons (Fsp3) is 0.412. The second-order valence-corrected chi connectivity index (χ2v) is 8.26. The van der Waals surface area contributed by atoms with Gasteiger partial charge < -0.3 is 4.90 Å². The van der Waals surface area contributed by atoms with Crippen LogP contribution in [0.15, 0.2) is 15.6 Å². The lowest BCUT2D eigenvalue weighted by molar-refractivity contribution is -0.138. The molecule has 1 aromatic carbocycles. The number of likely N-dealkylation sites (tertiary alicyclic amines) is 1. The molecule has 1 saturated heterocycles. The Labute approximate surface area is 174 Å². The number of halogens is 5. The minimum absolute atomic E-state index is 0.00800. The molecular formula is C17H14BrF4N5OS. The first-order valence-electron chi connectivity index (χ1n) is 8.63. The summed E-state index contributed by atoms with van der Waals surface area (Å²) in [5.41, 5.74) is -0.639. The molecule has 0 atom stereocenters. The topological polar surface area (TPSA) is 63.9 Å². The molecule has 0 aliphatic carbocycles. The molecule has 0 unspecified atom stereocenters. The van der Waals surface area contributed by atoms with Gasteiger partial charge in [0.05, 0.1) is 16.1 Å². The second-order valence-electron chi connectivity index (χ2n) is 6.67. The molecular weight excluding hydrogens is 478 g/mol. The SMILES string of the molecule is CSc1nc2c(F)c(Br)c(C(F)(F)F)cc2c2c1nnn2C1CCN(C=O)CC1. The van der Waals surface area contributed by atoms with Crippen molar-refractivity contribution >= 4 is 56.0 Å². The van der Waals surface area contributed by atoms with Gasteiger partial charge in [0.15, 0.2) is 5.82 Å². The van der Waals surface area contributed by atoms with Crippen molar-refractivity contribution in [3.63, 3.8) is 0 Å². The van der Waals surface area contributed by atoms with Crippen LogP contribution in [0.3, 0.4) is 0 Å². The molecule has 1 amide bonds. The van der Waals surface area contributed by atoms with Gasteiger partial charge in [0.2, 0.25) is 6.41 Å². The van der Waals surface area contributed by atoms with Crippen LogP contribution in [0.2, 0.25) is 0 Å². The van der Waals surface area contributed by atoms with Crippen molar-refractivity contribution in [3.05, 3.63) is 21.9 Å². The van der Waals surface area contributed by atoms with Gasteiger partial charge in [0.1, 0.15) is 21.6 Å². The summed E-state index contributed by atoms with van der Waals surface area (Å²) in [6.07, 6.45) is -1.11. The minimum atomic E-state index is -4.74. The zero-order chi connectivity index (χ0) is 20.9. The van der Waals surface area contributed by atoms with Crippen molar-refractivity contribution in [2.45, 2.75) is 30.1 Å². The van der Waals surface area contributed by atoms with E-state index in [0.29, 0.717) is 42.0 Å². The van der Waals surface area contributed by atoms with E-state index in [-0.39, 0.29) is 16.9 Å². The van der Waals surface area contributed by atoms with Crippen LogP contribution in [-0.2, 0) is 11.0 Å². The molecule has 4 rings (SSSR count). The van der Waals surface area contributed by atoms with E-state index in [1.54, 1.807) is 15.8 Å².